The highest BCUT2D eigenvalue weighted by Crippen LogP contribution is 2.14. The second-order valence-electron chi connectivity index (χ2n) is 4.03. The molecule has 0 aliphatic rings. The first-order chi connectivity index (χ1) is 9.33. The number of aryl methyl sites for hydroxylation is 1. The van der Waals surface area contributed by atoms with E-state index in [2.05, 4.69) is 15.0 Å². The maximum absolute atomic E-state index is 5.73. The molecule has 2 N–H and O–H groups in total. The normalized spacial score (nSPS) is 11.2. The van der Waals surface area contributed by atoms with E-state index in [9.17, 15) is 0 Å². The zero-order valence-corrected chi connectivity index (χ0v) is 11.1. The van der Waals surface area contributed by atoms with Gasteiger partial charge in [0.05, 0.1) is 19.5 Å². The number of nitrogen functional groups attached to an aromatic ring is 1. The van der Waals surface area contributed by atoms with Crippen LogP contribution in [0.2, 0.25) is 0 Å². The van der Waals surface area contributed by atoms with Crippen molar-refractivity contribution in [3.63, 3.8) is 0 Å². The van der Waals surface area contributed by atoms with Crippen molar-refractivity contribution in [1.29, 1.82) is 0 Å². The van der Waals surface area contributed by atoms with Gasteiger partial charge in [0.15, 0.2) is 11.5 Å². The summed E-state index contributed by atoms with van der Waals surface area (Å²) in [5.74, 6) is 0.414. The lowest BCUT2D eigenvalue weighted by Gasteiger charge is -2.05. The van der Waals surface area contributed by atoms with Gasteiger partial charge in [-0.2, -0.15) is 0 Å². The molecule has 0 atom stereocenters. The van der Waals surface area contributed by atoms with E-state index in [0.717, 1.165) is 25.2 Å². The van der Waals surface area contributed by atoms with E-state index in [0.29, 0.717) is 31.2 Å². The summed E-state index contributed by atoms with van der Waals surface area (Å²) in [7, 11) is 0. The van der Waals surface area contributed by atoms with Gasteiger partial charge in [-0.05, 0) is 13.3 Å². The lowest BCUT2D eigenvalue weighted by atomic mass is 10.4. The maximum Gasteiger partial charge on any atom is 0.165 e. The lowest BCUT2D eigenvalue weighted by molar-refractivity contribution is 0.0509. The van der Waals surface area contributed by atoms with E-state index < -0.39 is 0 Å². The van der Waals surface area contributed by atoms with Crippen molar-refractivity contribution in [2.75, 3.05) is 32.2 Å². The molecule has 2 rings (SSSR count). The fourth-order valence-electron chi connectivity index (χ4n) is 1.76. The number of aromatic nitrogens is 4. The summed E-state index contributed by atoms with van der Waals surface area (Å²) in [5.41, 5.74) is 7.14. The van der Waals surface area contributed by atoms with Gasteiger partial charge in [-0.1, -0.05) is 0 Å². The van der Waals surface area contributed by atoms with E-state index in [-0.39, 0.29) is 0 Å². The molecule has 7 nitrogen and oxygen atoms in total. The largest absolute Gasteiger partial charge is 0.382 e. The van der Waals surface area contributed by atoms with Gasteiger partial charge >= 0.3 is 0 Å². The van der Waals surface area contributed by atoms with Crippen molar-refractivity contribution in [3.05, 3.63) is 12.7 Å². The highest BCUT2D eigenvalue weighted by Gasteiger charge is 2.06. The van der Waals surface area contributed by atoms with Crippen LogP contribution in [0.5, 0.6) is 0 Å². The fraction of sp³-hybridized carbons (Fsp3) is 0.583. The van der Waals surface area contributed by atoms with Crippen LogP contribution in [0.25, 0.3) is 11.2 Å². The molecule has 0 aromatic carbocycles. The number of fused-ring (bicyclic) bond motifs is 1. The van der Waals surface area contributed by atoms with Gasteiger partial charge in [0.2, 0.25) is 0 Å². The number of hydrogen-bond acceptors (Lipinski definition) is 6. The minimum absolute atomic E-state index is 0.414. The molecule has 0 aliphatic carbocycles. The Kier molecular flexibility index (Phi) is 5.05. The summed E-state index contributed by atoms with van der Waals surface area (Å²) in [5, 5.41) is 0. The first-order valence-corrected chi connectivity index (χ1v) is 6.39. The second-order valence-corrected chi connectivity index (χ2v) is 4.03. The molecule has 2 aromatic heterocycles. The van der Waals surface area contributed by atoms with Gasteiger partial charge in [-0.25, -0.2) is 15.0 Å². The third kappa shape index (κ3) is 3.62. The van der Waals surface area contributed by atoms with Crippen LogP contribution in [-0.4, -0.2) is 45.9 Å². The summed E-state index contributed by atoms with van der Waals surface area (Å²) in [6.45, 7) is 5.46. The molecule has 0 saturated carbocycles. The molecule has 19 heavy (non-hydrogen) atoms. The van der Waals surface area contributed by atoms with E-state index in [1.165, 1.54) is 6.33 Å². The van der Waals surface area contributed by atoms with Gasteiger partial charge in [-0.15, -0.1) is 0 Å². The van der Waals surface area contributed by atoms with Crippen LogP contribution in [0.1, 0.15) is 13.3 Å². The van der Waals surface area contributed by atoms with Crippen molar-refractivity contribution in [2.24, 2.45) is 0 Å². The van der Waals surface area contributed by atoms with Gasteiger partial charge in [0.1, 0.15) is 11.8 Å². The summed E-state index contributed by atoms with van der Waals surface area (Å²) < 4.78 is 12.6. The molecule has 104 valence electrons. The average Bonchev–Trinajstić information content (AvgIpc) is 2.83. The van der Waals surface area contributed by atoms with Gasteiger partial charge < -0.3 is 19.8 Å². The van der Waals surface area contributed by atoms with Crippen LogP contribution in [0.4, 0.5) is 5.82 Å². The molecule has 0 radical (unpaired) electrons. The molecule has 0 spiro atoms. The van der Waals surface area contributed by atoms with Crippen molar-refractivity contribution < 1.29 is 9.47 Å². The Morgan fingerprint density at radius 1 is 1.16 bits per heavy atom. The predicted octanol–water partition coefficient (Wildman–Crippen LogP) is 0.852. The topological polar surface area (TPSA) is 88.1 Å². The Balaban J connectivity index is 1.77. The summed E-state index contributed by atoms with van der Waals surface area (Å²) in [4.78, 5) is 12.3. The first-order valence-electron chi connectivity index (χ1n) is 6.39. The maximum atomic E-state index is 5.73. The molecular weight excluding hydrogens is 246 g/mol. The van der Waals surface area contributed by atoms with E-state index in [1.807, 2.05) is 11.5 Å². The molecule has 0 saturated heterocycles. The van der Waals surface area contributed by atoms with Crippen LogP contribution in [0, 0.1) is 0 Å². The molecule has 0 aliphatic heterocycles. The zero-order chi connectivity index (χ0) is 13.5. The Labute approximate surface area is 111 Å². The number of hydrogen-bond donors (Lipinski definition) is 1. The highest BCUT2D eigenvalue weighted by molar-refractivity contribution is 5.80. The third-order valence-electron chi connectivity index (χ3n) is 2.69. The van der Waals surface area contributed by atoms with Crippen molar-refractivity contribution >= 4 is 17.0 Å². The van der Waals surface area contributed by atoms with Crippen LogP contribution >= 0.6 is 0 Å². The quantitative estimate of drug-likeness (QED) is 0.712. The number of imidazole rings is 1. The summed E-state index contributed by atoms with van der Waals surface area (Å²) in [6, 6.07) is 0. The highest BCUT2D eigenvalue weighted by atomic mass is 16.5. The SMILES string of the molecule is CCOCCOCCCn1cnc2c(N)ncnc21. The Morgan fingerprint density at radius 3 is 2.84 bits per heavy atom. The first kappa shape index (κ1) is 13.7. The number of ether oxygens (including phenoxy) is 2. The van der Waals surface area contributed by atoms with Crippen molar-refractivity contribution in [3.8, 4) is 0 Å². The Hall–Kier alpha value is -1.73. The predicted molar refractivity (Wildman–Crippen MR) is 71.7 cm³/mol. The smallest absolute Gasteiger partial charge is 0.165 e. The molecule has 0 bridgehead atoms. The fourth-order valence-corrected chi connectivity index (χ4v) is 1.76. The van der Waals surface area contributed by atoms with Gasteiger partial charge in [0, 0.05) is 19.8 Å². The Morgan fingerprint density at radius 2 is 2.00 bits per heavy atom. The van der Waals surface area contributed by atoms with Gasteiger partial charge in [-0.3, -0.25) is 0 Å². The van der Waals surface area contributed by atoms with Crippen LogP contribution < -0.4 is 5.73 Å². The summed E-state index contributed by atoms with van der Waals surface area (Å²) in [6.07, 6.45) is 4.08. The van der Waals surface area contributed by atoms with Crippen molar-refractivity contribution in [2.45, 2.75) is 19.9 Å². The molecular formula is C12H19N5O2. The number of nitrogens with two attached hydrogens (primary N) is 1. The van der Waals surface area contributed by atoms with Crippen LogP contribution in [0.3, 0.4) is 0 Å². The molecule has 7 heteroatoms. The minimum Gasteiger partial charge on any atom is -0.382 e. The van der Waals surface area contributed by atoms with Gasteiger partial charge in [0.25, 0.3) is 0 Å². The number of nitrogens with zero attached hydrogens (tertiary/aromatic N) is 4. The molecule has 0 fully saturated rings. The van der Waals surface area contributed by atoms with Crippen molar-refractivity contribution in [1.82, 2.24) is 19.5 Å². The van der Waals surface area contributed by atoms with E-state index >= 15 is 0 Å². The molecule has 0 unspecified atom stereocenters. The van der Waals surface area contributed by atoms with Crippen LogP contribution in [-0.2, 0) is 16.0 Å². The average molecular weight is 265 g/mol. The molecule has 2 heterocycles. The monoisotopic (exact) mass is 265 g/mol. The Bertz CT molecular complexity index is 514. The molecule has 0 amide bonds. The van der Waals surface area contributed by atoms with E-state index in [1.54, 1.807) is 6.33 Å². The lowest BCUT2D eigenvalue weighted by Crippen LogP contribution is -2.07. The second kappa shape index (κ2) is 7.01. The zero-order valence-electron chi connectivity index (χ0n) is 11.1. The standard InChI is InChI=1S/C12H19N5O2/c1-2-18-6-7-19-5-3-4-17-9-16-10-11(13)14-8-15-12(10)17/h8-9H,2-7H2,1H3,(H2,13,14,15). The summed E-state index contributed by atoms with van der Waals surface area (Å²) >= 11 is 0. The number of anilines is 1. The number of rotatable bonds is 8. The third-order valence-corrected chi connectivity index (χ3v) is 2.69. The van der Waals surface area contributed by atoms with Crippen LogP contribution in [0.15, 0.2) is 12.7 Å². The molecule has 2 aromatic rings. The minimum atomic E-state index is 0.414. The van der Waals surface area contributed by atoms with E-state index in [4.69, 9.17) is 15.2 Å².